The van der Waals surface area contributed by atoms with Gasteiger partial charge >= 0.3 is 0 Å². The lowest BCUT2D eigenvalue weighted by Crippen LogP contribution is -2.07. The lowest BCUT2D eigenvalue weighted by atomic mass is 10.2. The van der Waals surface area contributed by atoms with Crippen molar-refractivity contribution in [1.29, 1.82) is 0 Å². The van der Waals surface area contributed by atoms with Gasteiger partial charge in [0.25, 0.3) is 0 Å². The number of nitrogens with two attached hydrogens (primary N) is 1. The minimum Gasteiger partial charge on any atom is -0.395 e. The molecule has 0 saturated heterocycles. The average molecular weight is 238 g/mol. The highest BCUT2D eigenvalue weighted by atomic mass is 35.5. The molecule has 0 bridgehead atoms. The van der Waals surface area contributed by atoms with Crippen LogP contribution in [0.25, 0.3) is 11.4 Å². The number of nitrogen functional groups attached to an aromatic ring is 1. The second-order valence-corrected chi connectivity index (χ2v) is 3.71. The first-order valence-electron chi connectivity index (χ1n) is 4.92. The highest BCUT2D eigenvalue weighted by molar-refractivity contribution is 6.31. The fourth-order valence-corrected chi connectivity index (χ4v) is 1.75. The van der Waals surface area contributed by atoms with E-state index in [1.807, 2.05) is 30.3 Å². The molecule has 0 aliphatic heterocycles. The Balaban J connectivity index is 2.52. The van der Waals surface area contributed by atoms with Gasteiger partial charge in [-0.05, 0) is 0 Å². The second-order valence-electron chi connectivity index (χ2n) is 3.35. The van der Waals surface area contributed by atoms with E-state index in [1.54, 1.807) is 4.57 Å². The molecule has 0 unspecified atom stereocenters. The highest BCUT2D eigenvalue weighted by Crippen LogP contribution is 2.26. The Labute approximate surface area is 98.3 Å². The lowest BCUT2D eigenvalue weighted by Gasteiger charge is -2.07. The first kappa shape index (κ1) is 11.0. The van der Waals surface area contributed by atoms with Crippen LogP contribution in [0.3, 0.4) is 0 Å². The number of anilines is 1. The number of rotatable bonds is 3. The van der Waals surface area contributed by atoms with Crippen LogP contribution in [0.4, 0.5) is 5.82 Å². The van der Waals surface area contributed by atoms with Crippen LogP contribution in [0.1, 0.15) is 0 Å². The third kappa shape index (κ3) is 1.89. The molecule has 16 heavy (non-hydrogen) atoms. The maximum atomic E-state index is 8.98. The van der Waals surface area contributed by atoms with Crippen molar-refractivity contribution in [3.63, 3.8) is 0 Å². The van der Waals surface area contributed by atoms with Crippen LogP contribution in [0.15, 0.2) is 30.3 Å². The summed E-state index contributed by atoms with van der Waals surface area (Å²) in [5.41, 5.74) is 6.71. The molecule has 2 aromatic rings. The molecule has 0 amide bonds. The molecule has 0 aliphatic rings. The number of hydrogen-bond acceptors (Lipinski definition) is 3. The predicted octanol–water partition coefficient (Wildman–Crippen LogP) is 1.78. The zero-order valence-electron chi connectivity index (χ0n) is 8.60. The molecule has 1 heterocycles. The van der Waals surface area contributed by atoms with Gasteiger partial charge in [0.1, 0.15) is 11.6 Å². The van der Waals surface area contributed by atoms with E-state index in [4.69, 9.17) is 22.4 Å². The molecule has 4 nitrogen and oxygen atoms in total. The number of hydrogen-bond donors (Lipinski definition) is 2. The molecule has 0 atom stereocenters. The summed E-state index contributed by atoms with van der Waals surface area (Å²) in [5, 5.41) is 9.25. The van der Waals surface area contributed by atoms with Crippen molar-refractivity contribution < 1.29 is 5.11 Å². The number of aliphatic hydroxyl groups is 1. The monoisotopic (exact) mass is 237 g/mol. The number of aliphatic hydroxyl groups excluding tert-OH is 1. The van der Waals surface area contributed by atoms with Crippen LogP contribution in [-0.4, -0.2) is 21.3 Å². The number of benzene rings is 1. The van der Waals surface area contributed by atoms with Crippen molar-refractivity contribution in [2.75, 3.05) is 12.3 Å². The Morgan fingerprint density at radius 1 is 1.31 bits per heavy atom. The van der Waals surface area contributed by atoms with Crippen molar-refractivity contribution >= 4 is 17.4 Å². The molecule has 0 spiro atoms. The fourth-order valence-electron chi connectivity index (χ4n) is 1.57. The summed E-state index contributed by atoms with van der Waals surface area (Å²) in [4.78, 5) is 4.19. The Bertz CT molecular complexity index is 481. The van der Waals surface area contributed by atoms with E-state index in [0.717, 1.165) is 5.56 Å². The molecule has 1 aromatic heterocycles. The number of aromatic nitrogens is 2. The minimum absolute atomic E-state index is 0.00325. The number of imidazole rings is 1. The normalized spacial score (nSPS) is 10.6. The smallest absolute Gasteiger partial charge is 0.171 e. The third-order valence-corrected chi connectivity index (χ3v) is 2.60. The molecule has 0 fully saturated rings. The van der Waals surface area contributed by atoms with E-state index in [9.17, 15) is 0 Å². The van der Waals surface area contributed by atoms with Crippen molar-refractivity contribution in [1.82, 2.24) is 9.55 Å². The first-order chi connectivity index (χ1) is 7.74. The van der Waals surface area contributed by atoms with Crippen LogP contribution < -0.4 is 5.73 Å². The van der Waals surface area contributed by atoms with Crippen LogP contribution in [-0.2, 0) is 6.54 Å². The van der Waals surface area contributed by atoms with Crippen LogP contribution in [0.2, 0.25) is 5.15 Å². The third-order valence-electron chi connectivity index (χ3n) is 2.32. The van der Waals surface area contributed by atoms with E-state index in [1.165, 1.54) is 0 Å². The molecule has 0 radical (unpaired) electrons. The standard InChI is InChI=1S/C11H12ClN3O/c12-9-10(13)15(6-7-16)11(14-9)8-4-2-1-3-5-8/h1-5,16H,6-7,13H2. The largest absolute Gasteiger partial charge is 0.395 e. The first-order valence-corrected chi connectivity index (χ1v) is 5.29. The predicted molar refractivity (Wildman–Crippen MR) is 64.2 cm³/mol. The molecule has 5 heteroatoms. The Morgan fingerprint density at radius 2 is 2.00 bits per heavy atom. The summed E-state index contributed by atoms with van der Waals surface area (Å²) >= 11 is 5.88. The van der Waals surface area contributed by atoms with Crippen LogP contribution in [0.5, 0.6) is 0 Å². The van der Waals surface area contributed by atoms with E-state index in [2.05, 4.69) is 4.98 Å². The van der Waals surface area contributed by atoms with Gasteiger partial charge in [-0.25, -0.2) is 4.98 Å². The number of nitrogens with zero attached hydrogens (tertiary/aromatic N) is 2. The molecular formula is C11H12ClN3O. The van der Waals surface area contributed by atoms with E-state index < -0.39 is 0 Å². The average Bonchev–Trinajstić information content (AvgIpc) is 2.59. The molecule has 0 saturated carbocycles. The Morgan fingerprint density at radius 3 is 2.62 bits per heavy atom. The van der Waals surface area contributed by atoms with Gasteiger partial charge in [0, 0.05) is 12.1 Å². The lowest BCUT2D eigenvalue weighted by molar-refractivity contribution is 0.277. The van der Waals surface area contributed by atoms with Gasteiger partial charge in [-0.15, -0.1) is 0 Å². The quantitative estimate of drug-likeness (QED) is 0.855. The topological polar surface area (TPSA) is 64.1 Å². The molecule has 2 rings (SSSR count). The van der Waals surface area contributed by atoms with Crippen molar-refractivity contribution in [3.05, 3.63) is 35.5 Å². The SMILES string of the molecule is Nc1c(Cl)nc(-c2ccccc2)n1CCO. The molecule has 3 N–H and O–H groups in total. The maximum Gasteiger partial charge on any atom is 0.171 e. The van der Waals surface area contributed by atoms with Gasteiger partial charge in [-0.3, -0.25) is 0 Å². The van der Waals surface area contributed by atoms with Gasteiger partial charge in [-0.2, -0.15) is 0 Å². The summed E-state index contributed by atoms with van der Waals surface area (Å²) in [6, 6.07) is 9.60. The van der Waals surface area contributed by atoms with Gasteiger partial charge in [-0.1, -0.05) is 41.9 Å². The summed E-state index contributed by atoms with van der Waals surface area (Å²) in [6.45, 7) is 0.381. The Hall–Kier alpha value is -1.52. The van der Waals surface area contributed by atoms with Gasteiger partial charge < -0.3 is 15.4 Å². The van der Waals surface area contributed by atoms with Crippen LogP contribution in [0, 0.1) is 0 Å². The van der Waals surface area contributed by atoms with Crippen molar-refractivity contribution in [2.45, 2.75) is 6.54 Å². The van der Waals surface area contributed by atoms with Gasteiger partial charge in [0.05, 0.1) is 6.61 Å². The maximum absolute atomic E-state index is 8.98. The molecular weight excluding hydrogens is 226 g/mol. The number of halogens is 1. The van der Waals surface area contributed by atoms with E-state index in [-0.39, 0.29) is 11.8 Å². The zero-order valence-corrected chi connectivity index (χ0v) is 9.35. The second kappa shape index (κ2) is 4.55. The summed E-state index contributed by atoms with van der Waals surface area (Å²) in [7, 11) is 0. The van der Waals surface area contributed by atoms with Crippen molar-refractivity contribution in [3.8, 4) is 11.4 Å². The summed E-state index contributed by atoms with van der Waals surface area (Å²) in [6.07, 6.45) is 0. The van der Waals surface area contributed by atoms with Gasteiger partial charge in [0.2, 0.25) is 0 Å². The van der Waals surface area contributed by atoms with Crippen molar-refractivity contribution in [2.24, 2.45) is 0 Å². The Kier molecular flexibility index (Phi) is 3.12. The fraction of sp³-hybridized carbons (Fsp3) is 0.182. The molecule has 0 aliphatic carbocycles. The zero-order chi connectivity index (χ0) is 11.5. The summed E-state index contributed by atoms with van der Waals surface area (Å²) < 4.78 is 1.71. The van der Waals surface area contributed by atoms with Crippen LogP contribution >= 0.6 is 11.6 Å². The van der Waals surface area contributed by atoms with E-state index in [0.29, 0.717) is 18.2 Å². The minimum atomic E-state index is -0.00325. The molecule has 1 aromatic carbocycles. The highest BCUT2D eigenvalue weighted by Gasteiger charge is 2.13. The summed E-state index contributed by atoms with van der Waals surface area (Å²) in [5.74, 6) is 1.06. The van der Waals surface area contributed by atoms with E-state index >= 15 is 0 Å². The molecule has 84 valence electrons. The van der Waals surface area contributed by atoms with Gasteiger partial charge in [0.15, 0.2) is 5.15 Å².